The van der Waals surface area contributed by atoms with Crippen LogP contribution < -0.4 is 10.2 Å². The molecule has 1 aliphatic carbocycles. The van der Waals surface area contributed by atoms with Crippen molar-refractivity contribution in [2.75, 3.05) is 44.3 Å². The first kappa shape index (κ1) is 26.2. The SMILES string of the molecule is CCC1COCCC1NC1CC[C@@](C(=O)N2CCN(c3cncc(C(F)(F)F)c3)CC2)(C(C)C)C1. The van der Waals surface area contributed by atoms with Gasteiger partial charge in [-0.2, -0.15) is 13.2 Å². The van der Waals surface area contributed by atoms with Gasteiger partial charge >= 0.3 is 6.18 Å². The average Bonchev–Trinajstić information content (AvgIpc) is 3.29. The van der Waals surface area contributed by atoms with E-state index >= 15 is 0 Å². The summed E-state index contributed by atoms with van der Waals surface area (Å²) >= 11 is 0. The zero-order valence-electron chi connectivity index (χ0n) is 21.1. The number of aromatic nitrogens is 1. The van der Waals surface area contributed by atoms with E-state index in [2.05, 4.69) is 31.1 Å². The molecular weight excluding hydrogens is 457 g/mol. The number of nitrogens with one attached hydrogen (secondary N) is 1. The highest BCUT2D eigenvalue weighted by Gasteiger charge is 2.50. The molecule has 6 nitrogen and oxygen atoms in total. The Labute approximate surface area is 206 Å². The number of hydrogen-bond donors (Lipinski definition) is 1. The molecule has 0 aromatic carbocycles. The minimum Gasteiger partial charge on any atom is -0.381 e. The molecule has 3 aliphatic rings. The Morgan fingerprint density at radius 2 is 1.97 bits per heavy atom. The van der Waals surface area contributed by atoms with Crippen LogP contribution in [0.15, 0.2) is 18.5 Å². The molecule has 4 atom stereocenters. The lowest BCUT2D eigenvalue weighted by molar-refractivity contribution is -0.145. The molecule has 3 fully saturated rings. The number of piperazine rings is 1. The van der Waals surface area contributed by atoms with Gasteiger partial charge in [-0.05, 0) is 50.0 Å². The van der Waals surface area contributed by atoms with Crippen molar-refractivity contribution in [3.8, 4) is 0 Å². The number of anilines is 1. The van der Waals surface area contributed by atoms with E-state index in [1.54, 1.807) is 0 Å². The van der Waals surface area contributed by atoms with Crippen LogP contribution in [0, 0.1) is 17.3 Å². The van der Waals surface area contributed by atoms with Gasteiger partial charge in [0.05, 0.1) is 29.5 Å². The standard InChI is InChI=1S/C26H39F3N4O2/c1-4-19-17-35-12-6-23(19)31-21-5-7-25(14-21,18(2)3)24(34)33-10-8-32(9-11-33)22-13-20(15-30-16-22)26(27,28)29/h13,15-16,18-19,21,23,31H,4-12,14,17H2,1-3H3/t19?,21?,23?,25-/m0/s1. The van der Waals surface area contributed by atoms with Gasteiger partial charge in [-0.1, -0.05) is 20.8 Å². The Morgan fingerprint density at radius 3 is 2.63 bits per heavy atom. The Hall–Kier alpha value is -1.87. The summed E-state index contributed by atoms with van der Waals surface area (Å²) in [6.45, 7) is 10.1. The number of pyridine rings is 1. The summed E-state index contributed by atoms with van der Waals surface area (Å²) < 4.78 is 44.9. The van der Waals surface area contributed by atoms with Crippen molar-refractivity contribution in [1.29, 1.82) is 0 Å². The van der Waals surface area contributed by atoms with Crippen molar-refractivity contribution in [2.24, 2.45) is 17.3 Å². The second-order valence-electron chi connectivity index (χ2n) is 10.8. The Kier molecular flexibility index (Phi) is 7.95. The molecule has 9 heteroatoms. The van der Waals surface area contributed by atoms with Crippen LogP contribution in [0.1, 0.15) is 58.4 Å². The van der Waals surface area contributed by atoms with Gasteiger partial charge in [0.15, 0.2) is 0 Å². The number of rotatable bonds is 6. The summed E-state index contributed by atoms with van der Waals surface area (Å²) in [5.74, 6) is 0.953. The lowest BCUT2D eigenvalue weighted by Gasteiger charge is -2.42. The van der Waals surface area contributed by atoms with E-state index in [1.165, 1.54) is 6.20 Å². The molecule has 0 spiro atoms. The molecule has 3 unspecified atom stereocenters. The van der Waals surface area contributed by atoms with Gasteiger partial charge < -0.3 is 19.9 Å². The van der Waals surface area contributed by atoms with E-state index < -0.39 is 11.7 Å². The molecule has 196 valence electrons. The first-order chi connectivity index (χ1) is 16.6. The van der Waals surface area contributed by atoms with Gasteiger partial charge in [0, 0.05) is 51.1 Å². The zero-order chi connectivity index (χ0) is 25.2. The van der Waals surface area contributed by atoms with E-state index in [9.17, 15) is 18.0 Å². The van der Waals surface area contributed by atoms with Crippen LogP contribution in [0.25, 0.3) is 0 Å². The Bertz CT molecular complexity index is 872. The molecule has 1 aromatic rings. The summed E-state index contributed by atoms with van der Waals surface area (Å²) in [5.41, 5.74) is -0.672. The van der Waals surface area contributed by atoms with E-state index in [0.717, 1.165) is 57.6 Å². The fraction of sp³-hybridized carbons (Fsp3) is 0.769. The van der Waals surface area contributed by atoms with Crippen molar-refractivity contribution in [2.45, 2.75) is 71.1 Å². The molecule has 1 N–H and O–H groups in total. The number of amides is 1. The topological polar surface area (TPSA) is 57.7 Å². The fourth-order valence-electron chi connectivity index (χ4n) is 6.14. The average molecular weight is 497 g/mol. The Morgan fingerprint density at radius 1 is 1.23 bits per heavy atom. The van der Waals surface area contributed by atoms with Crippen LogP contribution in [0.4, 0.5) is 18.9 Å². The lowest BCUT2D eigenvalue weighted by atomic mass is 9.74. The van der Waals surface area contributed by atoms with Crippen molar-refractivity contribution < 1.29 is 22.7 Å². The molecule has 2 saturated heterocycles. The molecule has 4 rings (SSSR count). The van der Waals surface area contributed by atoms with Gasteiger partial charge in [-0.25, -0.2) is 0 Å². The van der Waals surface area contributed by atoms with E-state index in [4.69, 9.17) is 4.74 Å². The molecule has 0 bridgehead atoms. The third-order valence-electron chi connectivity index (χ3n) is 8.51. The van der Waals surface area contributed by atoms with Crippen molar-refractivity contribution in [3.05, 3.63) is 24.0 Å². The first-order valence-corrected chi connectivity index (χ1v) is 13.0. The molecule has 3 heterocycles. The van der Waals surface area contributed by atoms with Crippen LogP contribution in [-0.2, 0) is 15.7 Å². The summed E-state index contributed by atoms with van der Waals surface area (Å²) in [6.07, 6.45) is 2.72. The van der Waals surface area contributed by atoms with E-state index in [-0.39, 0.29) is 17.2 Å². The van der Waals surface area contributed by atoms with E-state index in [0.29, 0.717) is 49.9 Å². The van der Waals surface area contributed by atoms with Crippen molar-refractivity contribution in [3.63, 3.8) is 0 Å². The summed E-state index contributed by atoms with van der Waals surface area (Å²) in [5, 5.41) is 3.87. The van der Waals surface area contributed by atoms with Crippen LogP contribution >= 0.6 is 0 Å². The van der Waals surface area contributed by atoms with E-state index in [1.807, 2.05) is 9.80 Å². The highest BCUT2D eigenvalue weighted by atomic mass is 19.4. The first-order valence-electron chi connectivity index (χ1n) is 13.0. The summed E-state index contributed by atoms with van der Waals surface area (Å²) in [7, 11) is 0. The normalized spacial score (nSPS) is 30.2. The number of nitrogens with zero attached hydrogens (tertiary/aromatic N) is 3. The monoisotopic (exact) mass is 496 g/mol. The molecule has 1 amide bonds. The zero-order valence-corrected chi connectivity index (χ0v) is 21.1. The minimum absolute atomic E-state index is 0.206. The summed E-state index contributed by atoms with van der Waals surface area (Å²) in [6, 6.07) is 1.92. The van der Waals surface area contributed by atoms with Crippen LogP contribution in [0.3, 0.4) is 0 Å². The third-order valence-corrected chi connectivity index (χ3v) is 8.51. The predicted octanol–water partition coefficient (Wildman–Crippen LogP) is 4.35. The lowest BCUT2D eigenvalue weighted by Crippen LogP contribution is -2.54. The van der Waals surface area contributed by atoms with Crippen LogP contribution in [0.5, 0.6) is 0 Å². The highest BCUT2D eigenvalue weighted by Crippen LogP contribution is 2.46. The number of carbonyl (C=O) groups excluding carboxylic acids is 1. The maximum atomic E-state index is 13.8. The van der Waals surface area contributed by atoms with Gasteiger partial charge in [-0.15, -0.1) is 0 Å². The molecule has 1 aromatic heterocycles. The Balaban J connectivity index is 1.38. The maximum Gasteiger partial charge on any atom is 0.417 e. The number of halogens is 3. The number of carbonyl (C=O) groups is 1. The minimum atomic E-state index is -4.42. The number of ether oxygens (including phenoxy) is 1. The quantitative estimate of drug-likeness (QED) is 0.635. The number of alkyl halides is 3. The highest BCUT2D eigenvalue weighted by molar-refractivity contribution is 5.84. The molecule has 0 radical (unpaired) electrons. The summed E-state index contributed by atoms with van der Waals surface area (Å²) in [4.78, 5) is 21.5. The molecule has 2 aliphatic heterocycles. The van der Waals surface area contributed by atoms with Gasteiger partial charge in [0.1, 0.15) is 0 Å². The van der Waals surface area contributed by atoms with Crippen LogP contribution in [0.2, 0.25) is 0 Å². The smallest absolute Gasteiger partial charge is 0.381 e. The second kappa shape index (κ2) is 10.6. The van der Waals surface area contributed by atoms with Crippen LogP contribution in [-0.4, -0.2) is 67.3 Å². The molecular formula is C26H39F3N4O2. The maximum absolute atomic E-state index is 13.8. The van der Waals surface area contributed by atoms with Gasteiger partial charge in [-0.3, -0.25) is 9.78 Å². The van der Waals surface area contributed by atoms with Gasteiger partial charge in [0.2, 0.25) is 5.91 Å². The number of hydrogen-bond acceptors (Lipinski definition) is 5. The van der Waals surface area contributed by atoms with Crippen molar-refractivity contribution in [1.82, 2.24) is 15.2 Å². The molecule has 35 heavy (non-hydrogen) atoms. The fourth-order valence-corrected chi connectivity index (χ4v) is 6.14. The predicted molar refractivity (Wildman–Crippen MR) is 129 cm³/mol. The van der Waals surface area contributed by atoms with Gasteiger partial charge in [0.25, 0.3) is 0 Å². The second-order valence-corrected chi connectivity index (χ2v) is 10.8. The third kappa shape index (κ3) is 5.61. The van der Waals surface area contributed by atoms with Crippen molar-refractivity contribution >= 4 is 11.6 Å². The largest absolute Gasteiger partial charge is 0.417 e. The molecule has 1 saturated carbocycles.